The van der Waals surface area contributed by atoms with E-state index in [1.807, 2.05) is 0 Å². The second-order valence-corrected chi connectivity index (χ2v) is 18.4. The summed E-state index contributed by atoms with van der Waals surface area (Å²) >= 11 is 0. The minimum absolute atomic E-state index is 0.0413. The van der Waals surface area contributed by atoms with Crippen LogP contribution in [0.2, 0.25) is 0 Å². The average Bonchev–Trinajstić information content (AvgIpc) is 3.21. The van der Waals surface area contributed by atoms with Crippen LogP contribution in [0.15, 0.2) is 24.3 Å². The average molecular weight is 848 g/mol. The van der Waals surface area contributed by atoms with Crippen LogP contribution >= 0.6 is 0 Å². The normalized spacial score (nSPS) is 13.0. The van der Waals surface area contributed by atoms with E-state index in [2.05, 4.69) is 38.2 Å². The Labute approximate surface area is 371 Å². The molecule has 0 aliphatic heterocycles. The number of hydrogen-bond acceptors (Lipinski definition) is 7. The number of carboxylic acids is 1. The lowest BCUT2D eigenvalue weighted by Crippen LogP contribution is -2.55. The number of ether oxygens (including phenoxy) is 3. The molecule has 2 atom stereocenters. The van der Waals surface area contributed by atoms with Crippen LogP contribution in [-0.2, 0) is 28.6 Å². The molecule has 0 spiro atoms. The van der Waals surface area contributed by atoms with Crippen molar-refractivity contribution < 1.29 is 38.2 Å². The van der Waals surface area contributed by atoms with Crippen molar-refractivity contribution >= 4 is 17.9 Å². The number of rotatable bonds is 46. The molecule has 8 nitrogen and oxygen atoms in total. The molecule has 0 amide bonds. The number of nitrogens with zero attached hydrogens (tertiary/aromatic N) is 1. The Balaban J connectivity index is 4.22. The summed E-state index contributed by atoms with van der Waals surface area (Å²) in [4.78, 5) is 37.0. The van der Waals surface area contributed by atoms with Gasteiger partial charge in [0, 0.05) is 19.3 Å². The van der Waals surface area contributed by atoms with E-state index in [-0.39, 0.29) is 42.7 Å². The van der Waals surface area contributed by atoms with Crippen molar-refractivity contribution in [3.05, 3.63) is 24.3 Å². The summed E-state index contributed by atoms with van der Waals surface area (Å²) in [6, 6.07) is -0.725. The molecule has 0 rings (SSSR count). The van der Waals surface area contributed by atoms with Crippen molar-refractivity contribution in [1.29, 1.82) is 0 Å². The fourth-order valence-corrected chi connectivity index (χ4v) is 7.65. The van der Waals surface area contributed by atoms with Gasteiger partial charge in [-0.05, 0) is 38.5 Å². The van der Waals surface area contributed by atoms with E-state index < -0.39 is 18.1 Å². The highest BCUT2D eigenvalue weighted by Crippen LogP contribution is 2.16. The fourth-order valence-electron chi connectivity index (χ4n) is 7.65. The van der Waals surface area contributed by atoms with Gasteiger partial charge in [0.25, 0.3) is 0 Å². The van der Waals surface area contributed by atoms with E-state index in [4.69, 9.17) is 14.2 Å². The lowest BCUT2D eigenvalue weighted by atomic mass is 10.0. The van der Waals surface area contributed by atoms with E-state index in [1.165, 1.54) is 154 Å². The molecule has 0 N–H and O–H groups in total. The van der Waals surface area contributed by atoms with Gasteiger partial charge in [0.1, 0.15) is 12.6 Å². The third kappa shape index (κ3) is 41.2. The second-order valence-electron chi connectivity index (χ2n) is 18.4. The SMILES string of the molecule is CCCCC/C=C/C=C/CCCCCCCCC(=O)OCC(COCCC(C(=O)[O-])[N+](C)(C)C)OC(=O)CCCCCCCCCCCCCCCCCCCCCCC. The van der Waals surface area contributed by atoms with Crippen LogP contribution in [0.5, 0.6) is 0 Å². The lowest BCUT2D eigenvalue weighted by Gasteiger charge is -2.34. The Hall–Kier alpha value is -2.19. The molecule has 0 bridgehead atoms. The van der Waals surface area contributed by atoms with Crippen LogP contribution in [0.4, 0.5) is 0 Å². The zero-order valence-corrected chi connectivity index (χ0v) is 40.1. The van der Waals surface area contributed by atoms with E-state index in [0.29, 0.717) is 12.8 Å². The molecule has 0 aliphatic carbocycles. The molecule has 0 aromatic carbocycles. The summed E-state index contributed by atoms with van der Waals surface area (Å²) < 4.78 is 17.2. The lowest BCUT2D eigenvalue weighted by molar-refractivity contribution is -0.889. The predicted molar refractivity (Wildman–Crippen MR) is 250 cm³/mol. The van der Waals surface area contributed by atoms with Crippen LogP contribution in [0.1, 0.15) is 239 Å². The molecule has 352 valence electrons. The van der Waals surface area contributed by atoms with Gasteiger partial charge >= 0.3 is 11.9 Å². The third-order valence-corrected chi connectivity index (χ3v) is 11.6. The molecule has 0 fully saturated rings. The minimum Gasteiger partial charge on any atom is -0.544 e. The zero-order chi connectivity index (χ0) is 44.2. The maximum Gasteiger partial charge on any atom is 0.306 e. The minimum atomic E-state index is -1.12. The number of quaternary nitrogens is 1. The number of esters is 2. The number of aliphatic carboxylic acids is 1. The molecular weight excluding hydrogens is 751 g/mol. The highest BCUT2D eigenvalue weighted by molar-refractivity contribution is 5.70. The monoisotopic (exact) mass is 848 g/mol. The van der Waals surface area contributed by atoms with Crippen LogP contribution in [-0.4, -0.2) is 75.5 Å². The number of likely N-dealkylation sites (N-methyl/N-ethyl adjacent to an activating group) is 1. The second kappa shape index (κ2) is 43.5. The first-order valence-corrected chi connectivity index (χ1v) is 25.4. The van der Waals surface area contributed by atoms with Crippen LogP contribution in [0.3, 0.4) is 0 Å². The number of carbonyl (C=O) groups excluding carboxylic acids is 3. The molecule has 0 saturated heterocycles. The van der Waals surface area contributed by atoms with E-state index in [0.717, 1.165) is 51.4 Å². The fraction of sp³-hybridized carbons (Fsp3) is 0.865. The maximum atomic E-state index is 12.8. The summed E-state index contributed by atoms with van der Waals surface area (Å²) in [5.41, 5.74) is 0. The largest absolute Gasteiger partial charge is 0.544 e. The van der Waals surface area contributed by atoms with Gasteiger partial charge in [-0.15, -0.1) is 0 Å². The van der Waals surface area contributed by atoms with Gasteiger partial charge in [0.2, 0.25) is 0 Å². The molecule has 0 radical (unpaired) electrons. The molecule has 0 heterocycles. The zero-order valence-electron chi connectivity index (χ0n) is 40.1. The first kappa shape index (κ1) is 57.8. The Morgan fingerprint density at radius 2 is 0.867 bits per heavy atom. The number of hydrogen-bond donors (Lipinski definition) is 0. The van der Waals surface area contributed by atoms with Gasteiger partial charge in [-0.2, -0.15) is 0 Å². The molecule has 8 heteroatoms. The van der Waals surface area contributed by atoms with Gasteiger partial charge < -0.3 is 28.6 Å². The van der Waals surface area contributed by atoms with Gasteiger partial charge in [-0.3, -0.25) is 9.59 Å². The quantitative estimate of drug-likeness (QED) is 0.0260. The molecule has 0 saturated carbocycles. The Morgan fingerprint density at radius 1 is 0.500 bits per heavy atom. The van der Waals surface area contributed by atoms with Crippen molar-refractivity contribution in [2.45, 2.75) is 251 Å². The Kier molecular flexibility index (Phi) is 41.9. The smallest absolute Gasteiger partial charge is 0.306 e. The summed E-state index contributed by atoms with van der Waals surface area (Å²) in [5, 5.41) is 11.7. The summed E-state index contributed by atoms with van der Waals surface area (Å²) in [7, 11) is 5.42. The third-order valence-electron chi connectivity index (χ3n) is 11.6. The number of carboxylic acid groups (broad SMARTS) is 1. The highest BCUT2D eigenvalue weighted by Gasteiger charge is 2.25. The summed E-state index contributed by atoms with van der Waals surface area (Å²) in [6.07, 6.45) is 49.2. The Morgan fingerprint density at radius 3 is 1.28 bits per heavy atom. The molecule has 0 aromatic rings. The van der Waals surface area contributed by atoms with Crippen LogP contribution in [0.25, 0.3) is 0 Å². The molecule has 60 heavy (non-hydrogen) atoms. The van der Waals surface area contributed by atoms with Crippen LogP contribution < -0.4 is 5.11 Å². The van der Waals surface area contributed by atoms with Crippen molar-refractivity contribution in [2.75, 3.05) is 41.0 Å². The first-order chi connectivity index (χ1) is 29.1. The highest BCUT2D eigenvalue weighted by atomic mass is 16.6. The maximum absolute atomic E-state index is 12.8. The standard InChI is InChI=1S/C52H97NO7/c1-6-8-10-12-14-16-18-20-22-23-24-25-26-27-29-31-33-35-37-39-41-43-51(55)60-48(46-58-45-44-49(52(56)57)53(3,4)5)47-59-50(54)42-40-38-36-34-32-30-28-21-19-17-15-13-11-9-7-2/h15,17,19,21,48-49H,6-14,16,18,20,22-47H2,1-5H3/b17-15+,21-19+. The van der Waals surface area contributed by atoms with Crippen molar-refractivity contribution in [3.8, 4) is 0 Å². The molecule has 2 unspecified atom stereocenters. The Bertz CT molecular complexity index is 1040. The molecule has 0 aromatic heterocycles. The van der Waals surface area contributed by atoms with Gasteiger partial charge in [-0.1, -0.05) is 205 Å². The molecular formula is C52H97NO7. The van der Waals surface area contributed by atoms with Crippen molar-refractivity contribution in [2.24, 2.45) is 0 Å². The van der Waals surface area contributed by atoms with E-state index in [1.54, 1.807) is 21.1 Å². The number of carbonyl (C=O) groups is 3. The predicted octanol–water partition coefficient (Wildman–Crippen LogP) is 13.1. The van der Waals surface area contributed by atoms with Crippen molar-refractivity contribution in [1.82, 2.24) is 0 Å². The number of unbranched alkanes of at least 4 members (excludes halogenated alkanes) is 29. The van der Waals surface area contributed by atoms with Gasteiger partial charge in [0.15, 0.2) is 6.10 Å². The van der Waals surface area contributed by atoms with E-state index in [9.17, 15) is 19.5 Å². The van der Waals surface area contributed by atoms with E-state index >= 15 is 0 Å². The summed E-state index contributed by atoms with van der Waals surface area (Å²) in [5.74, 6) is -1.73. The van der Waals surface area contributed by atoms with Crippen LogP contribution in [0, 0.1) is 0 Å². The van der Waals surface area contributed by atoms with Gasteiger partial charge in [0.05, 0.1) is 40.3 Å². The molecule has 0 aliphatic rings. The first-order valence-electron chi connectivity index (χ1n) is 25.4. The summed E-state index contributed by atoms with van der Waals surface area (Å²) in [6.45, 7) is 4.66. The van der Waals surface area contributed by atoms with Gasteiger partial charge in [-0.25, -0.2) is 0 Å². The van der Waals surface area contributed by atoms with Crippen molar-refractivity contribution in [3.63, 3.8) is 0 Å². The topological polar surface area (TPSA) is 102 Å². The number of allylic oxidation sites excluding steroid dienone is 4.